The Balaban J connectivity index is 0. The molecule has 1 N–H and O–H groups in total. The number of aliphatic hydroxyl groups excluding tert-OH is 1. The van der Waals surface area contributed by atoms with E-state index < -0.39 is 0 Å². The van der Waals surface area contributed by atoms with E-state index in [1.807, 2.05) is 0 Å². The van der Waals surface area contributed by atoms with Gasteiger partial charge in [0.05, 0.1) is 6.26 Å². The van der Waals surface area contributed by atoms with Gasteiger partial charge in [-0.2, -0.15) is 0 Å². The molecule has 0 saturated heterocycles. The normalized spacial score (nSPS) is 3.00. The maximum atomic E-state index is 7.33. The topological polar surface area (TPSA) is 20.2 Å². The van der Waals surface area contributed by atoms with Gasteiger partial charge in [-0.05, 0) is 0 Å². The van der Waals surface area contributed by atoms with E-state index in [0.29, 0.717) is 0 Å². The van der Waals surface area contributed by atoms with Crippen molar-refractivity contribution in [3.63, 3.8) is 0 Å². The molecule has 0 aromatic carbocycles. The van der Waals surface area contributed by atoms with Crippen LogP contribution >= 0.6 is 0 Å². The summed E-state index contributed by atoms with van der Waals surface area (Å²) in [6.07, 6.45) is 0.750. The van der Waals surface area contributed by atoms with E-state index in [9.17, 15) is 0 Å². The van der Waals surface area contributed by atoms with E-state index in [2.05, 4.69) is 6.58 Å². The summed E-state index contributed by atoms with van der Waals surface area (Å²) in [7, 11) is 0. The Morgan fingerprint density at radius 2 is 1.75 bits per heavy atom. The zero-order valence-corrected chi connectivity index (χ0v) is 3.19. The van der Waals surface area contributed by atoms with Gasteiger partial charge in [0.1, 0.15) is 0 Å². The van der Waals surface area contributed by atoms with Crippen molar-refractivity contribution in [2.75, 3.05) is 0 Å². The van der Waals surface area contributed by atoms with Crippen LogP contribution < -0.4 is 0 Å². The van der Waals surface area contributed by atoms with Crippen LogP contribution in [-0.2, 0) is 17.1 Å². The van der Waals surface area contributed by atoms with E-state index in [0.717, 1.165) is 6.26 Å². The standard InChI is InChI=1S/C2H4O.Fe/c1-2-3;/h2-3H,1H2;. The van der Waals surface area contributed by atoms with Gasteiger partial charge >= 0.3 is 0 Å². The van der Waals surface area contributed by atoms with Crippen molar-refractivity contribution in [1.82, 2.24) is 0 Å². The molecule has 0 spiro atoms. The summed E-state index contributed by atoms with van der Waals surface area (Å²) >= 11 is 0. The first kappa shape index (κ1) is 8.96. The van der Waals surface area contributed by atoms with Crippen LogP contribution in [0, 0.1) is 0 Å². The van der Waals surface area contributed by atoms with Crippen LogP contribution in [0.15, 0.2) is 12.8 Å². The summed E-state index contributed by atoms with van der Waals surface area (Å²) in [5, 5.41) is 7.33. The molecular formula is C2H4FeO. The number of rotatable bonds is 0. The molecule has 0 aliphatic heterocycles. The van der Waals surface area contributed by atoms with Crippen LogP contribution in [0.1, 0.15) is 0 Å². The molecule has 0 bridgehead atoms. The number of hydrogen-bond acceptors (Lipinski definition) is 1. The maximum Gasteiger partial charge on any atom is 0.0719 e. The van der Waals surface area contributed by atoms with Crippen molar-refractivity contribution < 1.29 is 22.2 Å². The van der Waals surface area contributed by atoms with E-state index >= 15 is 0 Å². The molecule has 0 saturated carbocycles. The summed E-state index contributed by atoms with van der Waals surface area (Å²) in [6.45, 7) is 2.92. The Hall–Kier alpha value is 0.0595. The van der Waals surface area contributed by atoms with Crippen LogP contribution in [0.25, 0.3) is 0 Å². The first-order chi connectivity index (χ1) is 1.41. The summed E-state index contributed by atoms with van der Waals surface area (Å²) in [5.41, 5.74) is 0. The molecule has 26 valence electrons. The minimum absolute atomic E-state index is 0. The van der Waals surface area contributed by atoms with E-state index in [4.69, 9.17) is 5.11 Å². The van der Waals surface area contributed by atoms with Crippen LogP contribution in [0.4, 0.5) is 0 Å². The monoisotopic (exact) mass is 100.0 g/mol. The molecule has 0 heterocycles. The molecule has 0 aliphatic rings. The quantitative estimate of drug-likeness (QED) is 0.350. The van der Waals surface area contributed by atoms with E-state index in [-0.39, 0.29) is 17.1 Å². The zero-order valence-electron chi connectivity index (χ0n) is 2.09. The second kappa shape index (κ2) is 11.6. The molecule has 2 heteroatoms. The van der Waals surface area contributed by atoms with Gasteiger partial charge in [-0.3, -0.25) is 0 Å². The molecule has 0 rings (SSSR count). The smallest absolute Gasteiger partial charge is 0.0719 e. The Morgan fingerprint density at radius 1 is 1.75 bits per heavy atom. The van der Waals surface area contributed by atoms with Crippen LogP contribution in [0.3, 0.4) is 0 Å². The molecule has 0 atom stereocenters. The van der Waals surface area contributed by atoms with Gasteiger partial charge in [-0.1, -0.05) is 6.58 Å². The molecule has 0 aliphatic carbocycles. The zero-order chi connectivity index (χ0) is 2.71. The van der Waals surface area contributed by atoms with Crippen molar-refractivity contribution in [1.29, 1.82) is 0 Å². The van der Waals surface area contributed by atoms with Gasteiger partial charge in [0.2, 0.25) is 0 Å². The fourth-order valence-corrected chi connectivity index (χ4v) is 0. The van der Waals surface area contributed by atoms with E-state index in [1.165, 1.54) is 0 Å². The summed E-state index contributed by atoms with van der Waals surface area (Å²) < 4.78 is 0. The SMILES string of the molecule is C=CO.[Fe]. The predicted octanol–water partition coefficient (Wildman–Crippen LogP) is 0.685. The van der Waals surface area contributed by atoms with Crippen molar-refractivity contribution in [3.05, 3.63) is 12.8 Å². The third-order valence-electron chi connectivity index (χ3n) is 0. The molecule has 0 aromatic heterocycles. The van der Waals surface area contributed by atoms with Crippen LogP contribution in [0.2, 0.25) is 0 Å². The van der Waals surface area contributed by atoms with Crippen LogP contribution in [0.5, 0.6) is 0 Å². The molecule has 0 aromatic rings. The molecule has 1 nitrogen and oxygen atoms in total. The maximum absolute atomic E-state index is 7.33. The van der Waals surface area contributed by atoms with Crippen molar-refractivity contribution in [2.45, 2.75) is 0 Å². The van der Waals surface area contributed by atoms with Gasteiger partial charge in [0, 0.05) is 17.1 Å². The van der Waals surface area contributed by atoms with E-state index in [1.54, 1.807) is 0 Å². The Kier molecular flexibility index (Phi) is 25.9. The molecule has 4 heavy (non-hydrogen) atoms. The largest absolute Gasteiger partial charge is 0.516 e. The van der Waals surface area contributed by atoms with Crippen LogP contribution in [-0.4, -0.2) is 5.11 Å². The van der Waals surface area contributed by atoms with Gasteiger partial charge in [-0.25, -0.2) is 0 Å². The third-order valence-corrected chi connectivity index (χ3v) is 0. The molecule has 0 radical (unpaired) electrons. The van der Waals surface area contributed by atoms with Gasteiger partial charge in [0.15, 0.2) is 0 Å². The average Bonchev–Trinajstić information content (AvgIpc) is 0.918. The van der Waals surface area contributed by atoms with Crippen molar-refractivity contribution in [2.24, 2.45) is 0 Å². The van der Waals surface area contributed by atoms with Gasteiger partial charge in [0.25, 0.3) is 0 Å². The molecule has 0 amide bonds. The second-order valence-corrected chi connectivity index (χ2v) is 0.183. The number of hydrogen-bond donors (Lipinski definition) is 1. The first-order valence-electron chi connectivity index (χ1n) is 0.666. The second-order valence-electron chi connectivity index (χ2n) is 0.183. The molecule has 0 fully saturated rings. The van der Waals surface area contributed by atoms with Gasteiger partial charge in [-0.15, -0.1) is 0 Å². The molecular weight excluding hydrogens is 95.9 g/mol. The molecule has 0 unspecified atom stereocenters. The Morgan fingerprint density at radius 3 is 1.75 bits per heavy atom. The Labute approximate surface area is 35.8 Å². The minimum Gasteiger partial charge on any atom is -0.516 e. The summed E-state index contributed by atoms with van der Waals surface area (Å²) in [5.74, 6) is 0. The summed E-state index contributed by atoms with van der Waals surface area (Å²) in [6, 6.07) is 0. The first-order valence-corrected chi connectivity index (χ1v) is 0.666. The third kappa shape index (κ3) is 653. The van der Waals surface area contributed by atoms with Crippen molar-refractivity contribution >= 4 is 0 Å². The number of aliphatic hydroxyl groups is 1. The average molecular weight is 99.9 g/mol. The fraction of sp³-hybridized carbons (Fsp3) is 0. The minimum atomic E-state index is 0. The van der Waals surface area contributed by atoms with Gasteiger partial charge < -0.3 is 5.11 Å². The van der Waals surface area contributed by atoms with Crippen molar-refractivity contribution in [3.8, 4) is 0 Å². The fourth-order valence-electron chi connectivity index (χ4n) is 0. The summed E-state index contributed by atoms with van der Waals surface area (Å²) in [4.78, 5) is 0. The predicted molar refractivity (Wildman–Crippen MR) is 12.8 cm³/mol. The Bertz CT molecular complexity index is 13.5.